The van der Waals surface area contributed by atoms with Crippen molar-refractivity contribution < 1.29 is 9.59 Å². The molecule has 0 spiro atoms. The maximum absolute atomic E-state index is 12.7. The Hall–Kier alpha value is -3.39. The number of nitrogens with zero attached hydrogens (tertiary/aromatic N) is 2. The molecule has 5 nitrogen and oxygen atoms in total. The molecule has 0 saturated heterocycles. The molecule has 2 aromatic carbocycles. The van der Waals surface area contributed by atoms with Crippen LogP contribution in [0, 0.1) is 11.3 Å². The minimum Gasteiger partial charge on any atom is -0.329 e. The molecule has 0 radical (unpaired) electrons. The van der Waals surface area contributed by atoms with Crippen molar-refractivity contribution in [2.24, 2.45) is 0 Å². The second kappa shape index (κ2) is 5.82. The van der Waals surface area contributed by atoms with Crippen molar-refractivity contribution in [1.82, 2.24) is 4.90 Å². The fourth-order valence-corrected chi connectivity index (χ4v) is 3.82. The van der Waals surface area contributed by atoms with E-state index in [2.05, 4.69) is 11.9 Å². The van der Waals surface area contributed by atoms with E-state index in [1.807, 2.05) is 56.3 Å². The van der Waals surface area contributed by atoms with Gasteiger partial charge in [-0.2, -0.15) is 5.26 Å². The van der Waals surface area contributed by atoms with Crippen molar-refractivity contribution in [1.29, 1.82) is 5.26 Å². The van der Waals surface area contributed by atoms with Crippen LogP contribution in [-0.2, 0) is 16.8 Å². The lowest BCUT2D eigenvalue weighted by Crippen LogP contribution is -2.26. The number of amides is 2. The minimum atomic E-state index is -0.545. The number of nitrogens with one attached hydrogen (secondary N) is 1. The van der Waals surface area contributed by atoms with Gasteiger partial charge in [0, 0.05) is 23.4 Å². The summed E-state index contributed by atoms with van der Waals surface area (Å²) in [6, 6.07) is 13.6. The van der Waals surface area contributed by atoms with Gasteiger partial charge in [0.05, 0.1) is 18.0 Å². The van der Waals surface area contributed by atoms with E-state index < -0.39 is 5.41 Å². The molecule has 0 aliphatic carbocycles. The molecule has 27 heavy (non-hydrogen) atoms. The second-order valence-electron chi connectivity index (χ2n) is 7.55. The molecule has 0 saturated carbocycles. The van der Waals surface area contributed by atoms with Gasteiger partial charge in [-0.1, -0.05) is 30.8 Å². The zero-order valence-electron chi connectivity index (χ0n) is 15.3. The molecule has 4 rings (SSSR count). The topological polar surface area (TPSA) is 73.2 Å². The number of rotatable bonds is 3. The molecule has 134 valence electrons. The predicted octanol–water partition coefficient (Wildman–Crippen LogP) is 3.62. The van der Waals surface area contributed by atoms with Gasteiger partial charge in [0.2, 0.25) is 5.91 Å². The molecule has 0 fully saturated rings. The van der Waals surface area contributed by atoms with E-state index >= 15 is 0 Å². The van der Waals surface area contributed by atoms with Crippen LogP contribution in [0.5, 0.6) is 0 Å². The lowest BCUT2D eigenvalue weighted by Gasteiger charge is -2.16. The van der Waals surface area contributed by atoms with Gasteiger partial charge in [0.15, 0.2) is 0 Å². The second-order valence-corrected chi connectivity index (χ2v) is 7.55. The highest BCUT2D eigenvalue weighted by molar-refractivity contribution is 6.06. The summed E-state index contributed by atoms with van der Waals surface area (Å²) in [7, 11) is 0. The van der Waals surface area contributed by atoms with E-state index in [4.69, 9.17) is 5.26 Å². The average molecular weight is 357 g/mol. The average Bonchev–Trinajstić information content (AvgIpc) is 3.08. The van der Waals surface area contributed by atoms with Gasteiger partial charge in [-0.15, -0.1) is 0 Å². The van der Waals surface area contributed by atoms with Gasteiger partial charge < -0.3 is 10.2 Å². The van der Waals surface area contributed by atoms with Gasteiger partial charge in [0.25, 0.3) is 5.91 Å². The van der Waals surface area contributed by atoms with E-state index in [0.717, 1.165) is 27.9 Å². The molecule has 1 N–H and O–H groups in total. The first-order valence-electron chi connectivity index (χ1n) is 8.78. The molecule has 0 bridgehead atoms. The van der Waals surface area contributed by atoms with E-state index in [1.165, 1.54) is 0 Å². The Bertz CT molecular complexity index is 1060. The number of hydrogen-bond acceptors (Lipinski definition) is 3. The number of anilines is 1. The first-order chi connectivity index (χ1) is 12.8. The summed E-state index contributed by atoms with van der Waals surface area (Å²) in [6.45, 7) is 8.18. The lowest BCUT2D eigenvalue weighted by atomic mass is 9.85. The van der Waals surface area contributed by atoms with Crippen molar-refractivity contribution in [3.8, 4) is 17.2 Å². The van der Waals surface area contributed by atoms with E-state index in [-0.39, 0.29) is 18.4 Å². The summed E-state index contributed by atoms with van der Waals surface area (Å²) in [4.78, 5) is 26.5. The van der Waals surface area contributed by atoms with Gasteiger partial charge >= 0.3 is 0 Å². The number of benzene rings is 2. The van der Waals surface area contributed by atoms with Crippen LogP contribution in [0.15, 0.2) is 48.6 Å². The fraction of sp³-hybridized carbons (Fsp3) is 0.227. The van der Waals surface area contributed by atoms with Crippen LogP contribution < -0.4 is 5.32 Å². The van der Waals surface area contributed by atoms with Crippen LogP contribution in [-0.4, -0.2) is 23.3 Å². The van der Waals surface area contributed by atoms with Crippen LogP contribution >= 0.6 is 0 Å². The number of fused-ring (bicyclic) bond motifs is 2. The Labute approximate surface area is 157 Å². The summed E-state index contributed by atoms with van der Waals surface area (Å²) in [6.07, 6.45) is 0. The van der Waals surface area contributed by atoms with Gasteiger partial charge in [-0.25, -0.2) is 0 Å². The number of nitriles is 1. The monoisotopic (exact) mass is 357 g/mol. The summed E-state index contributed by atoms with van der Waals surface area (Å²) in [5.41, 5.74) is 5.13. The molecular formula is C22H19N3O2. The van der Waals surface area contributed by atoms with Crippen LogP contribution in [0.3, 0.4) is 0 Å². The van der Waals surface area contributed by atoms with Crippen molar-refractivity contribution >= 4 is 17.5 Å². The van der Waals surface area contributed by atoms with E-state index in [9.17, 15) is 9.59 Å². The molecular weight excluding hydrogens is 338 g/mol. The fourth-order valence-electron chi connectivity index (χ4n) is 3.82. The number of hydrogen-bond donors (Lipinski definition) is 1. The van der Waals surface area contributed by atoms with Gasteiger partial charge in [-0.3, -0.25) is 9.59 Å². The summed E-state index contributed by atoms with van der Waals surface area (Å²) in [5.74, 6) is -0.0943. The zero-order valence-corrected chi connectivity index (χ0v) is 15.3. The molecule has 0 unspecified atom stereocenters. The molecule has 2 aliphatic heterocycles. The highest BCUT2D eigenvalue weighted by atomic mass is 16.2. The van der Waals surface area contributed by atoms with Crippen LogP contribution in [0.2, 0.25) is 0 Å². The zero-order chi connectivity index (χ0) is 19.3. The summed E-state index contributed by atoms with van der Waals surface area (Å²) >= 11 is 0. The summed E-state index contributed by atoms with van der Waals surface area (Å²) < 4.78 is 0. The Kier molecular flexibility index (Phi) is 3.67. The normalized spacial score (nSPS) is 16.6. The van der Waals surface area contributed by atoms with E-state index in [0.29, 0.717) is 17.7 Å². The molecule has 2 heterocycles. The highest BCUT2D eigenvalue weighted by Gasteiger charge is 2.38. The largest absolute Gasteiger partial charge is 0.329 e. The summed E-state index contributed by atoms with van der Waals surface area (Å²) in [5, 5.41) is 11.9. The third-order valence-electron chi connectivity index (χ3n) is 5.40. The van der Waals surface area contributed by atoms with E-state index in [1.54, 1.807) is 4.90 Å². The van der Waals surface area contributed by atoms with Crippen molar-refractivity contribution in [2.75, 3.05) is 11.9 Å². The molecule has 2 amide bonds. The maximum atomic E-state index is 12.7. The number of carbonyl (C=O) groups is 2. The molecule has 5 heteroatoms. The van der Waals surface area contributed by atoms with Crippen LogP contribution in [0.1, 0.15) is 35.3 Å². The quantitative estimate of drug-likeness (QED) is 0.853. The third-order valence-corrected chi connectivity index (χ3v) is 5.40. The Morgan fingerprint density at radius 3 is 2.74 bits per heavy atom. The third kappa shape index (κ3) is 2.53. The Morgan fingerprint density at radius 1 is 1.26 bits per heavy atom. The van der Waals surface area contributed by atoms with Gasteiger partial charge in [-0.05, 0) is 48.2 Å². The highest BCUT2D eigenvalue weighted by Crippen LogP contribution is 2.41. The Balaban J connectivity index is 1.74. The van der Waals surface area contributed by atoms with Crippen molar-refractivity contribution in [3.05, 3.63) is 65.2 Å². The van der Waals surface area contributed by atoms with Crippen molar-refractivity contribution in [3.63, 3.8) is 0 Å². The smallest absolute Gasteiger partial charge is 0.254 e. The van der Waals surface area contributed by atoms with Crippen LogP contribution in [0.25, 0.3) is 11.1 Å². The standard InChI is InChI=1S/C22H19N3O2/c1-13(10-23)11-25-12-17-15(5-4-6-16(17)20(25)26)14-7-8-18-19(9-14)24-21(27)22(18,2)3/h4-9H,1,11-12H2,2-3H3,(H,24,27). The van der Waals surface area contributed by atoms with Crippen molar-refractivity contribution in [2.45, 2.75) is 25.8 Å². The number of carbonyl (C=O) groups excluding carboxylic acids is 2. The molecule has 2 aliphatic rings. The van der Waals surface area contributed by atoms with Crippen LogP contribution in [0.4, 0.5) is 5.69 Å². The maximum Gasteiger partial charge on any atom is 0.254 e. The SMILES string of the molecule is C=C(C#N)CN1Cc2c(cccc2-c2ccc3c(c2)NC(=O)C3(C)C)C1=O. The minimum absolute atomic E-state index is 0.00990. The predicted molar refractivity (Wildman–Crippen MR) is 103 cm³/mol. The molecule has 0 aromatic heterocycles. The first kappa shape index (κ1) is 17.0. The van der Waals surface area contributed by atoms with Gasteiger partial charge in [0.1, 0.15) is 0 Å². The first-order valence-corrected chi connectivity index (χ1v) is 8.78. The molecule has 2 aromatic rings. The Morgan fingerprint density at radius 2 is 2.00 bits per heavy atom. The lowest BCUT2D eigenvalue weighted by molar-refractivity contribution is -0.119. The molecule has 0 atom stereocenters.